The molecule has 0 saturated carbocycles. The number of fused-ring (bicyclic) bond motifs is 3. The van der Waals surface area contributed by atoms with Gasteiger partial charge in [-0.3, -0.25) is 19.3 Å². The van der Waals surface area contributed by atoms with E-state index in [1.807, 2.05) is 95.9 Å². The van der Waals surface area contributed by atoms with Crippen LogP contribution in [0.15, 0.2) is 133 Å². The van der Waals surface area contributed by atoms with Crippen molar-refractivity contribution in [1.82, 2.24) is 15.5 Å². The number of rotatable bonds is 10. The zero-order chi connectivity index (χ0) is 43.5. The topological polar surface area (TPSA) is 207 Å². The van der Waals surface area contributed by atoms with Crippen molar-refractivity contribution in [2.75, 3.05) is 24.7 Å². The fraction of sp³-hybridized carbons (Fsp3) is 0.229. The third-order valence-corrected chi connectivity index (χ3v) is 11.8. The van der Waals surface area contributed by atoms with Gasteiger partial charge in [-0.1, -0.05) is 121 Å². The minimum atomic E-state index is -2.11. The van der Waals surface area contributed by atoms with Crippen LogP contribution >= 0.6 is 0 Å². The largest absolute Gasteiger partial charge is 0.491 e. The van der Waals surface area contributed by atoms with Crippen molar-refractivity contribution >= 4 is 35.5 Å². The molecule has 5 aromatic rings. The van der Waals surface area contributed by atoms with E-state index in [1.165, 1.54) is 0 Å². The molecule has 0 unspecified atom stereocenters. The van der Waals surface area contributed by atoms with E-state index in [0.717, 1.165) is 10.5 Å². The van der Waals surface area contributed by atoms with Crippen LogP contribution in [0.3, 0.4) is 0 Å². The molecule has 14 heteroatoms. The van der Waals surface area contributed by atoms with Gasteiger partial charge in [0.05, 0.1) is 42.9 Å². The summed E-state index contributed by atoms with van der Waals surface area (Å²) in [6.07, 6.45) is -0.948. The maximum Gasteiger partial charge on any atom is 0.329 e. The molecule has 0 aliphatic carbocycles. The lowest BCUT2D eigenvalue weighted by molar-refractivity contribution is -0.178. The quantitative estimate of drug-likeness (QED) is 0.0976. The van der Waals surface area contributed by atoms with Crippen LogP contribution in [0, 0.1) is 17.8 Å². The third-order valence-electron chi connectivity index (χ3n) is 11.8. The van der Waals surface area contributed by atoms with E-state index in [-0.39, 0.29) is 36.8 Å². The molecule has 6 amide bonds. The molecule has 2 fully saturated rings. The van der Waals surface area contributed by atoms with Crippen molar-refractivity contribution in [2.24, 2.45) is 17.4 Å². The number of nitrogens with one attached hydrogen (secondary N) is 2. The average molecular weight is 833 g/mol. The van der Waals surface area contributed by atoms with E-state index in [4.69, 9.17) is 20.9 Å². The minimum absolute atomic E-state index is 0.0914. The summed E-state index contributed by atoms with van der Waals surface area (Å²) in [7, 11) is 0. The van der Waals surface area contributed by atoms with Crippen LogP contribution in [0.4, 0.5) is 15.3 Å². The number of urea groups is 2. The first-order chi connectivity index (χ1) is 30.1. The first-order valence-electron chi connectivity index (χ1n) is 20.1. The lowest BCUT2D eigenvalue weighted by Gasteiger charge is -2.46. The number of cyclic esters (lactones) is 1. The molecule has 3 heterocycles. The first kappa shape index (κ1) is 41.3. The Labute approximate surface area is 357 Å². The molecule has 7 N–H and O–H groups in total. The molecule has 3 aliphatic rings. The van der Waals surface area contributed by atoms with Gasteiger partial charge in [-0.05, 0) is 53.4 Å². The van der Waals surface area contributed by atoms with Crippen LogP contribution in [0.25, 0.3) is 0 Å². The highest BCUT2D eigenvalue weighted by molar-refractivity contribution is 6.24. The Morgan fingerprint density at radius 2 is 1.50 bits per heavy atom. The van der Waals surface area contributed by atoms with Gasteiger partial charge in [0.25, 0.3) is 0 Å². The van der Waals surface area contributed by atoms with Gasteiger partial charge in [0.1, 0.15) is 29.9 Å². The SMILES string of the molecule is C[C@@H](NC(=O)N1C(=O)[C@@]2(c3cc(C#CCNC(N)=O)ccc31)[C@H](C(N)=O)[C@H]1C(=O)O[C@H](c3ccccc3)[C@H](c3ccccc3)N1[C@@H]2c1ccccc1OCCO)c1ccccc1. The number of amides is 6. The number of hydrogen-bond acceptors (Lipinski definition) is 9. The number of benzene rings is 5. The second kappa shape index (κ2) is 17.3. The van der Waals surface area contributed by atoms with Gasteiger partial charge >= 0.3 is 18.0 Å². The van der Waals surface area contributed by atoms with Gasteiger partial charge in [-0.2, -0.15) is 0 Å². The van der Waals surface area contributed by atoms with Crippen molar-refractivity contribution in [1.29, 1.82) is 0 Å². The molecule has 62 heavy (non-hydrogen) atoms. The number of aliphatic hydroxyl groups is 1. The van der Waals surface area contributed by atoms with E-state index in [2.05, 4.69) is 22.5 Å². The number of esters is 1. The Kier molecular flexibility index (Phi) is 11.5. The standard InChI is InChI=1S/C48H44N6O8/c1-29(31-15-5-2-6-16-31)52-47(60)53-36-24-23-30(14-13-25-51-46(50)59)28-35(36)48(45(53)58)38(43(49)56)40-44(57)62-41(33-19-9-4-10-20-33)39(32-17-7-3-8-18-32)54(40)42(48)34-21-11-12-22-37(34)61-27-26-55/h2-12,15-24,28-29,38-42,55H,25-27H2,1H3,(H2,49,56)(H,52,60)(H3,50,51,59)/t29-,38+,39+,40+,41-,42-,48+/m1/s1. The number of morpholine rings is 1. The van der Waals surface area contributed by atoms with Crippen LogP contribution in [-0.4, -0.2) is 65.7 Å². The number of nitrogens with two attached hydrogens (primary N) is 2. The number of carbonyl (C=O) groups excluding carboxylic acids is 5. The Morgan fingerprint density at radius 1 is 0.855 bits per heavy atom. The van der Waals surface area contributed by atoms with Gasteiger partial charge in [-0.15, -0.1) is 0 Å². The van der Waals surface area contributed by atoms with E-state index < -0.39 is 71.5 Å². The molecular weight excluding hydrogens is 789 g/mol. The molecule has 2 saturated heterocycles. The fourth-order valence-corrected chi connectivity index (χ4v) is 9.33. The molecule has 5 aromatic carbocycles. The second-order valence-corrected chi connectivity index (χ2v) is 15.3. The number of aliphatic hydroxyl groups excluding tert-OH is 1. The lowest BCUT2D eigenvalue weighted by Crippen LogP contribution is -2.55. The fourth-order valence-electron chi connectivity index (χ4n) is 9.33. The Morgan fingerprint density at radius 3 is 2.16 bits per heavy atom. The van der Waals surface area contributed by atoms with Crippen molar-refractivity contribution < 1.29 is 38.6 Å². The smallest absolute Gasteiger partial charge is 0.329 e. The summed E-state index contributed by atoms with van der Waals surface area (Å²) in [4.78, 5) is 74.7. The number of hydrogen-bond donors (Lipinski definition) is 5. The predicted molar refractivity (Wildman–Crippen MR) is 228 cm³/mol. The Balaban J connectivity index is 1.43. The summed E-state index contributed by atoms with van der Waals surface area (Å²) >= 11 is 0. The number of primary amides is 2. The van der Waals surface area contributed by atoms with Crippen LogP contribution in [-0.2, 0) is 24.5 Å². The molecule has 14 nitrogen and oxygen atoms in total. The minimum Gasteiger partial charge on any atom is -0.491 e. The summed E-state index contributed by atoms with van der Waals surface area (Å²) in [5.41, 5.74) is 12.9. The van der Waals surface area contributed by atoms with Gasteiger partial charge < -0.3 is 36.7 Å². The second-order valence-electron chi connectivity index (χ2n) is 15.3. The highest BCUT2D eigenvalue weighted by Gasteiger charge is 2.75. The maximum atomic E-state index is 16.2. The molecule has 314 valence electrons. The van der Waals surface area contributed by atoms with Crippen LogP contribution in [0.2, 0.25) is 0 Å². The van der Waals surface area contributed by atoms with Crippen molar-refractivity contribution in [3.8, 4) is 17.6 Å². The van der Waals surface area contributed by atoms with E-state index in [9.17, 15) is 24.3 Å². The van der Waals surface area contributed by atoms with E-state index in [1.54, 1.807) is 49.4 Å². The number of para-hydroxylation sites is 1. The van der Waals surface area contributed by atoms with Crippen LogP contribution in [0.5, 0.6) is 5.75 Å². The number of ether oxygens (including phenoxy) is 2. The molecule has 0 radical (unpaired) electrons. The monoisotopic (exact) mass is 832 g/mol. The molecule has 7 atom stereocenters. The van der Waals surface area contributed by atoms with Crippen molar-refractivity contribution in [2.45, 2.75) is 42.6 Å². The maximum absolute atomic E-state index is 16.2. The summed E-state index contributed by atoms with van der Waals surface area (Å²) in [6, 6.07) is 33.8. The highest BCUT2D eigenvalue weighted by Crippen LogP contribution is 2.66. The summed E-state index contributed by atoms with van der Waals surface area (Å²) in [6.45, 7) is 1.24. The lowest BCUT2D eigenvalue weighted by atomic mass is 9.65. The van der Waals surface area contributed by atoms with Crippen LogP contribution in [0.1, 0.15) is 64.5 Å². The highest BCUT2D eigenvalue weighted by atomic mass is 16.6. The number of anilines is 1. The molecule has 0 bridgehead atoms. The van der Waals surface area contributed by atoms with Gasteiger partial charge in [-0.25, -0.2) is 14.5 Å². The van der Waals surface area contributed by atoms with Crippen molar-refractivity contribution in [3.05, 3.63) is 167 Å². The summed E-state index contributed by atoms with van der Waals surface area (Å²) < 4.78 is 12.6. The normalized spacial score (nSPS) is 23.0. The predicted octanol–water partition coefficient (Wildman–Crippen LogP) is 4.70. The zero-order valence-corrected chi connectivity index (χ0v) is 33.6. The van der Waals surface area contributed by atoms with Crippen LogP contribution < -0.4 is 31.7 Å². The summed E-state index contributed by atoms with van der Waals surface area (Å²) in [5, 5.41) is 15.3. The third kappa shape index (κ3) is 7.16. The van der Waals surface area contributed by atoms with Gasteiger partial charge in [0.15, 0.2) is 0 Å². The average Bonchev–Trinajstić information content (AvgIpc) is 3.74. The molecule has 1 spiro atoms. The molecule has 0 aromatic heterocycles. The Hall–Kier alpha value is -7.47. The molecule has 3 aliphatic heterocycles. The molecular formula is C48H44N6O8. The van der Waals surface area contributed by atoms with Gasteiger partial charge in [0.2, 0.25) is 11.8 Å². The number of imide groups is 1. The summed E-state index contributed by atoms with van der Waals surface area (Å²) in [5.74, 6) is 1.88. The zero-order valence-electron chi connectivity index (χ0n) is 33.6. The van der Waals surface area contributed by atoms with Gasteiger partial charge in [0, 0.05) is 11.1 Å². The Bertz CT molecular complexity index is 2580. The van der Waals surface area contributed by atoms with Crippen molar-refractivity contribution in [3.63, 3.8) is 0 Å². The van der Waals surface area contributed by atoms with E-state index in [0.29, 0.717) is 22.3 Å². The first-order valence-corrected chi connectivity index (χ1v) is 20.1. The van der Waals surface area contributed by atoms with E-state index >= 15 is 4.79 Å². The number of carbonyl (C=O) groups is 5. The molecule has 8 rings (SSSR count). The number of nitrogens with zero attached hydrogens (tertiary/aromatic N) is 2.